The molecule has 0 radical (unpaired) electrons. The van der Waals surface area contributed by atoms with Gasteiger partial charge in [0.05, 0.1) is 17.7 Å². The van der Waals surface area contributed by atoms with E-state index in [9.17, 15) is 13.5 Å². The first-order valence-corrected chi connectivity index (χ1v) is 7.76. The number of methoxy groups -OCH3 is 1. The highest BCUT2D eigenvalue weighted by atomic mass is 35.5. The van der Waals surface area contributed by atoms with Crippen LogP contribution in [0.2, 0.25) is 5.02 Å². The van der Waals surface area contributed by atoms with Crippen LogP contribution in [0.4, 0.5) is 0 Å². The van der Waals surface area contributed by atoms with Crippen LogP contribution in [0.25, 0.3) is 0 Å². The molecule has 0 heterocycles. The summed E-state index contributed by atoms with van der Waals surface area (Å²) >= 11 is 5.99. The molecule has 1 atom stereocenters. The molecule has 0 spiro atoms. The summed E-state index contributed by atoms with van der Waals surface area (Å²) in [5.41, 5.74) is 6.22. The number of likely N-dealkylation sites (N-methyl/N-ethyl adjacent to an activating group) is 1. The van der Waals surface area contributed by atoms with Crippen LogP contribution in [0.5, 0.6) is 0 Å². The Balaban J connectivity index is 2.98. The summed E-state index contributed by atoms with van der Waals surface area (Å²) in [6.45, 7) is 0.257. The zero-order valence-electron chi connectivity index (χ0n) is 11.4. The van der Waals surface area contributed by atoms with Crippen LogP contribution in [0.1, 0.15) is 5.56 Å². The molecular formula is C12H19ClN2O4S. The SMILES string of the molecule is COCC(O)CN(C)S(=O)(=O)c1ccc(CN)cc1Cl. The highest BCUT2D eigenvalue weighted by molar-refractivity contribution is 7.89. The first-order chi connectivity index (χ1) is 9.32. The molecule has 0 aromatic heterocycles. The zero-order chi connectivity index (χ0) is 15.3. The van der Waals surface area contributed by atoms with E-state index in [1.807, 2.05) is 0 Å². The molecule has 3 N–H and O–H groups in total. The van der Waals surface area contributed by atoms with Crippen molar-refractivity contribution in [2.24, 2.45) is 5.73 Å². The predicted molar refractivity (Wildman–Crippen MR) is 77.0 cm³/mol. The minimum atomic E-state index is -3.76. The van der Waals surface area contributed by atoms with Gasteiger partial charge in [-0.1, -0.05) is 17.7 Å². The van der Waals surface area contributed by atoms with Gasteiger partial charge in [0.25, 0.3) is 0 Å². The zero-order valence-corrected chi connectivity index (χ0v) is 13.0. The number of benzene rings is 1. The van der Waals surface area contributed by atoms with Crippen LogP contribution in [0.15, 0.2) is 23.1 Å². The lowest BCUT2D eigenvalue weighted by molar-refractivity contribution is 0.0554. The Labute approximate surface area is 124 Å². The number of nitrogens with two attached hydrogens (primary N) is 1. The van der Waals surface area contributed by atoms with Crippen LogP contribution >= 0.6 is 11.6 Å². The second-order valence-electron chi connectivity index (χ2n) is 4.36. The van der Waals surface area contributed by atoms with Gasteiger partial charge in [-0.15, -0.1) is 0 Å². The topological polar surface area (TPSA) is 92.9 Å². The minimum Gasteiger partial charge on any atom is -0.389 e. The molecule has 0 bridgehead atoms. The third kappa shape index (κ3) is 4.15. The Morgan fingerprint density at radius 2 is 2.15 bits per heavy atom. The van der Waals surface area contributed by atoms with Gasteiger partial charge < -0.3 is 15.6 Å². The van der Waals surface area contributed by atoms with E-state index in [1.54, 1.807) is 6.07 Å². The van der Waals surface area contributed by atoms with Crippen molar-refractivity contribution in [1.29, 1.82) is 0 Å². The van der Waals surface area contributed by atoms with E-state index in [2.05, 4.69) is 0 Å². The Bertz CT molecular complexity index is 550. The Morgan fingerprint density at radius 3 is 2.65 bits per heavy atom. The smallest absolute Gasteiger partial charge is 0.244 e. The minimum absolute atomic E-state index is 0.0107. The number of aliphatic hydroxyl groups is 1. The molecule has 0 amide bonds. The van der Waals surface area contributed by atoms with E-state index >= 15 is 0 Å². The second kappa shape index (κ2) is 7.35. The summed E-state index contributed by atoms with van der Waals surface area (Å²) in [4.78, 5) is -0.0107. The van der Waals surface area contributed by atoms with Gasteiger partial charge in [-0.3, -0.25) is 0 Å². The summed E-state index contributed by atoms with van der Waals surface area (Å²) in [5.74, 6) is 0. The van der Waals surface area contributed by atoms with E-state index < -0.39 is 16.1 Å². The average Bonchev–Trinajstić information content (AvgIpc) is 2.38. The fourth-order valence-electron chi connectivity index (χ4n) is 1.69. The van der Waals surface area contributed by atoms with Gasteiger partial charge >= 0.3 is 0 Å². The molecule has 0 saturated carbocycles. The maximum absolute atomic E-state index is 12.4. The number of ether oxygens (including phenoxy) is 1. The molecule has 0 aliphatic heterocycles. The summed E-state index contributed by atoms with van der Waals surface area (Å²) < 4.78 is 30.5. The maximum Gasteiger partial charge on any atom is 0.244 e. The molecule has 20 heavy (non-hydrogen) atoms. The second-order valence-corrected chi connectivity index (χ2v) is 6.78. The van der Waals surface area contributed by atoms with Gasteiger partial charge in [0, 0.05) is 27.2 Å². The lowest BCUT2D eigenvalue weighted by atomic mass is 10.2. The van der Waals surface area contributed by atoms with Crippen molar-refractivity contribution < 1.29 is 18.3 Å². The highest BCUT2D eigenvalue weighted by Crippen LogP contribution is 2.25. The lowest BCUT2D eigenvalue weighted by Crippen LogP contribution is -2.36. The van der Waals surface area contributed by atoms with Crippen molar-refractivity contribution in [3.8, 4) is 0 Å². The Kier molecular flexibility index (Phi) is 6.38. The fourth-order valence-corrected chi connectivity index (χ4v) is 3.43. The molecule has 0 aliphatic carbocycles. The van der Waals surface area contributed by atoms with Crippen LogP contribution in [0, 0.1) is 0 Å². The van der Waals surface area contributed by atoms with Crippen molar-refractivity contribution in [3.63, 3.8) is 0 Å². The largest absolute Gasteiger partial charge is 0.389 e. The molecule has 114 valence electrons. The third-order valence-electron chi connectivity index (χ3n) is 2.75. The fraction of sp³-hybridized carbons (Fsp3) is 0.500. The van der Waals surface area contributed by atoms with Crippen LogP contribution in [0.3, 0.4) is 0 Å². The standard InChI is InChI=1S/C12H19ClN2O4S/c1-15(7-10(16)8-19-2)20(17,18)12-4-3-9(6-14)5-11(12)13/h3-5,10,16H,6-8,14H2,1-2H3. The van der Waals surface area contributed by atoms with Crippen molar-refractivity contribution in [2.75, 3.05) is 27.3 Å². The van der Waals surface area contributed by atoms with Crippen LogP contribution in [-0.4, -0.2) is 51.2 Å². The van der Waals surface area contributed by atoms with E-state index in [0.717, 1.165) is 9.87 Å². The number of hydrogen-bond donors (Lipinski definition) is 2. The summed E-state index contributed by atoms with van der Waals surface area (Å²) in [6, 6.07) is 4.55. The number of hydrogen-bond acceptors (Lipinski definition) is 5. The van der Waals surface area contributed by atoms with Gasteiger partial charge in [-0.05, 0) is 17.7 Å². The quantitative estimate of drug-likeness (QED) is 0.759. The third-order valence-corrected chi connectivity index (χ3v) is 5.05. The molecule has 1 aromatic carbocycles. The number of nitrogens with zero attached hydrogens (tertiary/aromatic N) is 1. The van der Waals surface area contributed by atoms with E-state index in [0.29, 0.717) is 0 Å². The molecule has 1 unspecified atom stereocenters. The van der Waals surface area contributed by atoms with Crippen molar-refractivity contribution in [3.05, 3.63) is 28.8 Å². The Hall–Kier alpha value is -0.700. The van der Waals surface area contributed by atoms with Crippen LogP contribution in [-0.2, 0) is 21.3 Å². The number of halogens is 1. The maximum atomic E-state index is 12.4. The summed E-state index contributed by atoms with van der Waals surface area (Å²) in [5, 5.41) is 9.71. The van der Waals surface area contributed by atoms with Crippen molar-refractivity contribution in [2.45, 2.75) is 17.5 Å². The molecule has 1 rings (SSSR count). The molecule has 8 heteroatoms. The van der Waals surface area contributed by atoms with Gasteiger partial charge in [-0.25, -0.2) is 8.42 Å². The summed E-state index contributed by atoms with van der Waals surface area (Å²) in [6.07, 6.45) is -0.901. The first-order valence-electron chi connectivity index (χ1n) is 5.94. The number of aliphatic hydroxyl groups excluding tert-OH is 1. The normalized spacial score (nSPS) is 13.7. The van der Waals surface area contributed by atoms with Crippen molar-refractivity contribution in [1.82, 2.24) is 4.31 Å². The van der Waals surface area contributed by atoms with Gasteiger partial charge in [0.1, 0.15) is 4.90 Å². The molecule has 1 aromatic rings. The average molecular weight is 323 g/mol. The lowest BCUT2D eigenvalue weighted by Gasteiger charge is -2.21. The van der Waals surface area contributed by atoms with E-state index in [-0.39, 0.29) is 29.6 Å². The molecule has 0 saturated heterocycles. The van der Waals surface area contributed by atoms with E-state index in [1.165, 1.54) is 26.3 Å². The molecule has 0 fully saturated rings. The van der Waals surface area contributed by atoms with Crippen molar-refractivity contribution >= 4 is 21.6 Å². The van der Waals surface area contributed by atoms with Gasteiger partial charge in [0.15, 0.2) is 0 Å². The molecular weight excluding hydrogens is 304 g/mol. The number of rotatable bonds is 7. The van der Waals surface area contributed by atoms with E-state index in [4.69, 9.17) is 22.1 Å². The predicted octanol–water partition coefficient (Wildman–Crippen LogP) is 0.427. The first kappa shape index (κ1) is 17.4. The van der Waals surface area contributed by atoms with Crippen LogP contribution < -0.4 is 5.73 Å². The molecule has 6 nitrogen and oxygen atoms in total. The van der Waals surface area contributed by atoms with Gasteiger partial charge in [0.2, 0.25) is 10.0 Å². The Morgan fingerprint density at radius 1 is 1.50 bits per heavy atom. The molecule has 0 aliphatic rings. The number of sulfonamides is 1. The monoisotopic (exact) mass is 322 g/mol. The van der Waals surface area contributed by atoms with Gasteiger partial charge in [-0.2, -0.15) is 4.31 Å². The highest BCUT2D eigenvalue weighted by Gasteiger charge is 2.25. The summed E-state index contributed by atoms with van der Waals surface area (Å²) in [7, 11) is -0.956.